The van der Waals surface area contributed by atoms with Crippen molar-refractivity contribution in [3.63, 3.8) is 0 Å². The molecule has 0 saturated heterocycles. The molecule has 2 nitrogen and oxygen atoms in total. The largest absolute Gasteiger partial charge is 0.457 e. The molecule has 16 heavy (non-hydrogen) atoms. The van der Waals surface area contributed by atoms with E-state index in [0.717, 1.165) is 11.1 Å². The molecule has 2 rings (SSSR count). The van der Waals surface area contributed by atoms with E-state index >= 15 is 0 Å². The summed E-state index contributed by atoms with van der Waals surface area (Å²) in [5, 5.41) is 0.779. The quantitative estimate of drug-likeness (QED) is 0.784. The molecule has 0 amide bonds. The molecule has 0 atom stereocenters. The van der Waals surface area contributed by atoms with Crippen LogP contribution in [0.2, 0.25) is 0 Å². The number of rotatable bonds is 3. The summed E-state index contributed by atoms with van der Waals surface area (Å²) in [6.45, 7) is 1.12. The van der Waals surface area contributed by atoms with E-state index in [4.69, 9.17) is 4.42 Å². The summed E-state index contributed by atoms with van der Waals surface area (Å²) in [5.41, 5.74) is 0.381. The van der Waals surface area contributed by atoms with Crippen molar-refractivity contribution in [2.45, 2.75) is 26.4 Å². The molecule has 0 N–H and O–H groups in total. The average Bonchev–Trinajstić information content (AvgIpc) is 2.61. The lowest BCUT2D eigenvalue weighted by molar-refractivity contribution is -0.0494. The Balaban J connectivity index is 2.50. The monoisotopic (exact) mass is 226 g/mol. The molecular formula is C12H12F2O2. The molecule has 4 heteroatoms. The fraction of sp³-hybridized carbons (Fsp3) is 0.333. The second-order valence-electron chi connectivity index (χ2n) is 3.86. The zero-order valence-electron chi connectivity index (χ0n) is 9.04. The van der Waals surface area contributed by atoms with Gasteiger partial charge < -0.3 is 9.15 Å². The molecule has 1 heterocycles. The standard InChI is InChI=1S/C12H12F2O2/c1-7(2)10-6-8-4-3-5-9(11(8)15-10)16-12(13)14/h3-7,12H,1-2H3. The molecule has 0 aliphatic rings. The Labute approximate surface area is 91.8 Å². The highest BCUT2D eigenvalue weighted by Crippen LogP contribution is 2.32. The molecule has 0 aliphatic heterocycles. The van der Waals surface area contributed by atoms with Crippen molar-refractivity contribution in [1.29, 1.82) is 0 Å². The molecule has 86 valence electrons. The molecule has 1 aromatic heterocycles. The number of furan rings is 1. The maximum Gasteiger partial charge on any atom is 0.387 e. The molecule has 0 spiro atoms. The third-order valence-electron chi connectivity index (χ3n) is 2.31. The van der Waals surface area contributed by atoms with Crippen LogP contribution in [0, 0.1) is 0 Å². The van der Waals surface area contributed by atoms with Gasteiger partial charge in [-0.1, -0.05) is 26.0 Å². The van der Waals surface area contributed by atoms with Crippen LogP contribution in [0.25, 0.3) is 11.0 Å². The highest BCUT2D eigenvalue weighted by Gasteiger charge is 2.13. The van der Waals surface area contributed by atoms with Crippen molar-refractivity contribution >= 4 is 11.0 Å². The first-order valence-corrected chi connectivity index (χ1v) is 5.05. The van der Waals surface area contributed by atoms with Gasteiger partial charge in [-0.25, -0.2) is 0 Å². The zero-order valence-corrected chi connectivity index (χ0v) is 9.04. The predicted molar refractivity (Wildman–Crippen MR) is 56.9 cm³/mol. The summed E-state index contributed by atoms with van der Waals surface area (Å²) in [5.74, 6) is 1.06. The molecule has 0 bridgehead atoms. The Morgan fingerprint density at radius 2 is 2.00 bits per heavy atom. The van der Waals surface area contributed by atoms with Gasteiger partial charge in [0.15, 0.2) is 11.3 Å². The lowest BCUT2D eigenvalue weighted by Gasteiger charge is -2.04. The van der Waals surface area contributed by atoms with Crippen molar-refractivity contribution in [1.82, 2.24) is 0 Å². The van der Waals surface area contributed by atoms with Crippen LogP contribution in [0.3, 0.4) is 0 Å². The van der Waals surface area contributed by atoms with Crippen LogP contribution < -0.4 is 4.74 Å². The second-order valence-corrected chi connectivity index (χ2v) is 3.86. The van der Waals surface area contributed by atoms with E-state index < -0.39 is 6.61 Å². The molecule has 0 aliphatic carbocycles. The minimum atomic E-state index is -2.84. The highest BCUT2D eigenvalue weighted by molar-refractivity contribution is 5.83. The number of alkyl halides is 2. The number of fused-ring (bicyclic) bond motifs is 1. The summed E-state index contributed by atoms with van der Waals surface area (Å²) in [6.07, 6.45) is 0. The van der Waals surface area contributed by atoms with Crippen molar-refractivity contribution in [3.05, 3.63) is 30.0 Å². The van der Waals surface area contributed by atoms with Crippen molar-refractivity contribution in [3.8, 4) is 5.75 Å². The van der Waals surface area contributed by atoms with Crippen LogP contribution in [-0.4, -0.2) is 6.61 Å². The maximum atomic E-state index is 12.1. The Morgan fingerprint density at radius 1 is 1.25 bits per heavy atom. The van der Waals surface area contributed by atoms with Crippen LogP contribution >= 0.6 is 0 Å². The Bertz CT molecular complexity index is 489. The molecule has 0 radical (unpaired) electrons. The first-order valence-electron chi connectivity index (χ1n) is 5.05. The van der Waals surface area contributed by atoms with Crippen molar-refractivity contribution in [2.24, 2.45) is 0 Å². The van der Waals surface area contributed by atoms with E-state index in [-0.39, 0.29) is 11.7 Å². The lowest BCUT2D eigenvalue weighted by atomic mass is 10.1. The summed E-state index contributed by atoms with van der Waals surface area (Å²) in [4.78, 5) is 0. The SMILES string of the molecule is CC(C)c1cc2cccc(OC(F)F)c2o1. The fourth-order valence-electron chi connectivity index (χ4n) is 1.53. The van der Waals surface area contributed by atoms with Crippen LogP contribution in [0.4, 0.5) is 8.78 Å². The fourth-order valence-corrected chi connectivity index (χ4v) is 1.53. The van der Waals surface area contributed by atoms with E-state index in [0.29, 0.717) is 5.58 Å². The van der Waals surface area contributed by atoms with Gasteiger partial charge in [0.05, 0.1) is 0 Å². The highest BCUT2D eigenvalue weighted by atomic mass is 19.3. The van der Waals surface area contributed by atoms with Gasteiger partial charge in [0.25, 0.3) is 0 Å². The van der Waals surface area contributed by atoms with Gasteiger partial charge in [-0.3, -0.25) is 0 Å². The maximum absolute atomic E-state index is 12.1. The number of hydrogen-bond donors (Lipinski definition) is 0. The first-order chi connectivity index (χ1) is 7.58. The summed E-state index contributed by atoms with van der Waals surface area (Å²) < 4.78 is 34.2. The smallest absolute Gasteiger partial charge is 0.387 e. The predicted octanol–water partition coefficient (Wildman–Crippen LogP) is 4.16. The number of para-hydroxylation sites is 1. The van der Waals surface area contributed by atoms with Crippen LogP contribution in [-0.2, 0) is 0 Å². The Hall–Kier alpha value is -1.58. The van der Waals surface area contributed by atoms with Gasteiger partial charge in [0.2, 0.25) is 0 Å². The van der Waals surface area contributed by atoms with E-state index in [1.54, 1.807) is 6.07 Å². The van der Waals surface area contributed by atoms with Crippen LogP contribution in [0.15, 0.2) is 28.7 Å². The van der Waals surface area contributed by atoms with Gasteiger partial charge in [0.1, 0.15) is 5.76 Å². The normalized spacial score (nSPS) is 11.6. The lowest BCUT2D eigenvalue weighted by Crippen LogP contribution is -2.01. The first kappa shape index (κ1) is 10.9. The number of ether oxygens (including phenoxy) is 1. The van der Waals surface area contributed by atoms with E-state index in [2.05, 4.69) is 4.74 Å². The van der Waals surface area contributed by atoms with Gasteiger partial charge in [-0.15, -0.1) is 0 Å². The van der Waals surface area contributed by atoms with Gasteiger partial charge in [-0.05, 0) is 12.1 Å². The Morgan fingerprint density at radius 3 is 2.62 bits per heavy atom. The molecule has 0 fully saturated rings. The van der Waals surface area contributed by atoms with Crippen LogP contribution in [0.5, 0.6) is 5.75 Å². The minimum absolute atomic E-state index is 0.0828. The number of hydrogen-bond acceptors (Lipinski definition) is 2. The summed E-state index contributed by atoms with van der Waals surface area (Å²) >= 11 is 0. The minimum Gasteiger partial charge on any atom is -0.457 e. The van der Waals surface area contributed by atoms with Crippen LogP contribution in [0.1, 0.15) is 25.5 Å². The topological polar surface area (TPSA) is 22.4 Å². The summed E-state index contributed by atoms with van der Waals surface area (Å²) in [7, 11) is 0. The van der Waals surface area contributed by atoms with Gasteiger partial charge in [0, 0.05) is 11.3 Å². The van der Waals surface area contributed by atoms with E-state index in [1.165, 1.54) is 6.07 Å². The third-order valence-corrected chi connectivity index (χ3v) is 2.31. The van der Waals surface area contributed by atoms with E-state index in [1.807, 2.05) is 26.0 Å². The number of halogens is 2. The summed E-state index contributed by atoms with van der Waals surface area (Å²) in [6, 6.07) is 6.79. The average molecular weight is 226 g/mol. The zero-order chi connectivity index (χ0) is 11.7. The number of benzene rings is 1. The molecule has 0 saturated carbocycles. The van der Waals surface area contributed by atoms with Gasteiger partial charge >= 0.3 is 6.61 Å². The van der Waals surface area contributed by atoms with Crippen molar-refractivity contribution < 1.29 is 17.9 Å². The third kappa shape index (κ3) is 2.01. The molecular weight excluding hydrogens is 214 g/mol. The molecule has 0 unspecified atom stereocenters. The Kier molecular flexibility index (Phi) is 2.81. The molecule has 1 aromatic carbocycles. The molecule has 2 aromatic rings. The van der Waals surface area contributed by atoms with Crippen molar-refractivity contribution in [2.75, 3.05) is 0 Å². The van der Waals surface area contributed by atoms with Gasteiger partial charge in [-0.2, -0.15) is 8.78 Å². The second kappa shape index (κ2) is 4.12. The van der Waals surface area contributed by atoms with E-state index in [9.17, 15) is 8.78 Å².